The predicted octanol–water partition coefficient (Wildman–Crippen LogP) is 2.32. The Labute approximate surface area is 129 Å². The van der Waals surface area contributed by atoms with E-state index in [9.17, 15) is 4.79 Å². The topological polar surface area (TPSA) is 26.3 Å². The van der Waals surface area contributed by atoms with Crippen LogP contribution in [0.15, 0.2) is 60.7 Å². The number of aldehydes is 1. The van der Waals surface area contributed by atoms with Crippen LogP contribution in [0.2, 0.25) is 0 Å². The molecule has 0 spiro atoms. The first-order chi connectivity index (χ1) is 10.3. The van der Waals surface area contributed by atoms with Crippen molar-refractivity contribution in [3.8, 4) is 5.75 Å². The van der Waals surface area contributed by atoms with E-state index >= 15 is 0 Å². The van der Waals surface area contributed by atoms with Gasteiger partial charge in [-0.25, -0.2) is 0 Å². The summed E-state index contributed by atoms with van der Waals surface area (Å²) < 4.78 is 7.89. The molecule has 0 aliphatic heterocycles. The Morgan fingerprint density at radius 2 is 1.71 bits per heavy atom. The summed E-state index contributed by atoms with van der Waals surface area (Å²) in [4.78, 5) is 11.4. The van der Waals surface area contributed by atoms with Gasteiger partial charge in [0.1, 0.15) is 0 Å². The van der Waals surface area contributed by atoms with Gasteiger partial charge in [0.25, 0.3) is 0 Å². The average molecular weight is 341 g/mol. The van der Waals surface area contributed by atoms with E-state index in [-0.39, 0.29) is 15.0 Å². The molecule has 0 aliphatic carbocycles. The first-order valence-electron chi connectivity index (χ1n) is 6.60. The number of hydrogen-bond acceptors (Lipinski definition) is 2. The van der Waals surface area contributed by atoms with Crippen molar-refractivity contribution in [3.63, 3.8) is 0 Å². The summed E-state index contributed by atoms with van der Waals surface area (Å²) in [7, 11) is 1.66. The van der Waals surface area contributed by atoms with Crippen LogP contribution in [-0.2, 0) is 0 Å². The van der Waals surface area contributed by atoms with Crippen molar-refractivity contribution in [1.82, 2.24) is 0 Å². The van der Waals surface area contributed by atoms with Gasteiger partial charge in [0, 0.05) is 0 Å². The SMILES string of the molecule is COc1cccc2c(C=O)cc([Se]c3ccccc3)cc12. The monoisotopic (exact) mass is 342 g/mol. The average Bonchev–Trinajstić information content (AvgIpc) is 2.54. The molecule has 104 valence electrons. The first kappa shape index (κ1) is 13.9. The molecule has 0 aromatic heterocycles. The molecule has 3 aromatic carbocycles. The molecule has 21 heavy (non-hydrogen) atoms. The van der Waals surface area contributed by atoms with Crippen molar-refractivity contribution >= 4 is 40.9 Å². The van der Waals surface area contributed by atoms with E-state index in [0.717, 1.165) is 28.4 Å². The molecular weight excluding hydrogens is 327 g/mol. The van der Waals surface area contributed by atoms with E-state index in [1.807, 2.05) is 42.5 Å². The number of hydrogen-bond donors (Lipinski definition) is 0. The van der Waals surface area contributed by atoms with Crippen molar-refractivity contribution in [2.24, 2.45) is 0 Å². The molecule has 3 rings (SSSR count). The van der Waals surface area contributed by atoms with Crippen molar-refractivity contribution < 1.29 is 9.53 Å². The standard InChI is InChI=1S/C18H14O2Se/c1-20-18-9-5-8-16-13(12-19)10-15(11-17(16)18)21-14-6-3-2-4-7-14/h2-12H,1H3. The Kier molecular flexibility index (Phi) is 4.05. The van der Waals surface area contributed by atoms with E-state index in [1.165, 1.54) is 8.92 Å². The van der Waals surface area contributed by atoms with Gasteiger partial charge in [-0.3, -0.25) is 0 Å². The van der Waals surface area contributed by atoms with Crippen LogP contribution in [0.25, 0.3) is 10.8 Å². The maximum absolute atomic E-state index is 11.4. The number of fused-ring (bicyclic) bond motifs is 1. The van der Waals surface area contributed by atoms with Gasteiger partial charge in [-0.15, -0.1) is 0 Å². The van der Waals surface area contributed by atoms with Crippen molar-refractivity contribution in [1.29, 1.82) is 0 Å². The van der Waals surface area contributed by atoms with Gasteiger partial charge in [-0.2, -0.15) is 0 Å². The summed E-state index contributed by atoms with van der Waals surface area (Å²) in [6.07, 6.45) is 0.923. The number of rotatable bonds is 4. The van der Waals surface area contributed by atoms with E-state index in [0.29, 0.717) is 0 Å². The molecule has 0 heterocycles. The zero-order valence-electron chi connectivity index (χ0n) is 11.6. The summed E-state index contributed by atoms with van der Waals surface area (Å²) in [5, 5.41) is 1.94. The maximum atomic E-state index is 11.4. The number of carbonyl (C=O) groups excluding carboxylic acids is 1. The third kappa shape index (κ3) is 2.85. The van der Waals surface area contributed by atoms with Crippen molar-refractivity contribution in [3.05, 3.63) is 66.2 Å². The molecular formula is C18H14O2Se. The number of benzene rings is 3. The first-order valence-corrected chi connectivity index (χ1v) is 8.32. The van der Waals surface area contributed by atoms with Gasteiger partial charge in [0.05, 0.1) is 0 Å². The van der Waals surface area contributed by atoms with Gasteiger partial charge in [0.2, 0.25) is 0 Å². The summed E-state index contributed by atoms with van der Waals surface area (Å²) in [6.45, 7) is 0. The van der Waals surface area contributed by atoms with Crippen LogP contribution in [0.4, 0.5) is 0 Å². The van der Waals surface area contributed by atoms with Crippen LogP contribution < -0.4 is 13.7 Å². The van der Waals surface area contributed by atoms with Crippen LogP contribution in [-0.4, -0.2) is 28.4 Å². The van der Waals surface area contributed by atoms with Gasteiger partial charge >= 0.3 is 130 Å². The quantitative estimate of drug-likeness (QED) is 0.538. The summed E-state index contributed by atoms with van der Waals surface area (Å²) in [5.74, 6) is 0.807. The van der Waals surface area contributed by atoms with Crippen LogP contribution in [0.5, 0.6) is 5.75 Å². The molecule has 0 bridgehead atoms. The Balaban J connectivity index is 2.14. The Hall–Kier alpha value is -2.09. The predicted molar refractivity (Wildman–Crippen MR) is 87.4 cm³/mol. The second kappa shape index (κ2) is 6.13. The van der Waals surface area contributed by atoms with Gasteiger partial charge in [-0.05, 0) is 0 Å². The minimum absolute atomic E-state index is 0.175. The third-order valence-electron chi connectivity index (χ3n) is 3.29. The fraction of sp³-hybridized carbons (Fsp3) is 0.0556. The number of carbonyl (C=O) groups is 1. The Bertz CT molecular complexity index is 782. The molecule has 2 nitrogen and oxygen atoms in total. The molecule has 0 saturated heterocycles. The van der Waals surface area contributed by atoms with E-state index in [2.05, 4.69) is 18.2 Å². The molecule has 0 amide bonds. The molecule has 0 atom stereocenters. The summed E-state index contributed by atoms with van der Waals surface area (Å²) in [5.41, 5.74) is 0.721. The second-order valence-corrected chi connectivity index (χ2v) is 7.01. The normalized spacial score (nSPS) is 10.5. The van der Waals surface area contributed by atoms with Crippen LogP contribution >= 0.6 is 0 Å². The molecule has 0 N–H and O–H groups in total. The van der Waals surface area contributed by atoms with Gasteiger partial charge in [-0.1, -0.05) is 0 Å². The van der Waals surface area contributed by atoms with Crippen LogP contribution in [0, 0.1) is 0 Å². The summed E-state index contributed by atoms with van der Waals surface area (Å²) in [6, 6.07) is 20.3. The van der Waals surface area contributed by atoms with Crippen LogP contribution in [0.3, 0.4) is 0 Å². The fourth-order valence-corrected chi connectivity index (χ4v) is 4.27. The third-order valence-corrected chi connectivity index (χ3v) is 5.34. The number of methoxy groups -OCH3 is 1. The fourth-order valence-electron chi connectivity index (χ4n) is 2.32. The molecule has 0 aliphatic rings. The molecule has 3 heteroatoms. The van der Waals surface area contributed by atoms with Crippen molar-refractivity contribution in [2.45, 2.75) is 0 Å². The molecule has 0 unspecified atom stereocenters. The Morgan fingerprint density at radius 1 is 0.905 bits per heavy atom. The molecule has 0 saturated carbocycles. The molecule has 0 radical (unpaired) electrons. The van der Waals surface area contributed by atoms with Gasteiger partial charge in [0.15, 0.2) is 0 Å². The zero-order chi connectivity index (χ0) is 14.7. The zero-order valence-corrected chi connectivity index (χ0v) is 13.3. The van der Waals surface area contributed by atoms with Crippen LogP contribution in [0.1, 0.15) is 10.4 Å². The van der Waals surface area contributed by atoms with E-state index in [4.69, 9.17) is 4.74 Å². The van der Waals surface area contributed by atoms with Crippen molar-refractivity contribution in [2.75, 3.05) is 7.11 Å². The minimum atomic E-state index is 0.175. The van der Waals surface area contributed by atoms with E-state index < -0.39 is 0 Å². The van der Waals surface area contributed by atoms with Gasteiger partial charge < -0.3 is 0 Å². The second-order valence-electron chi connectivity index (χ2n) is 4.60. The van der Waals surface area contributed by atoms with E-state index in [1.54, 1.807) is 7.11 Å². The Morgan fingerprint density at radius 3 is 2.43 bits per heavy atom. The molecule has 0 fully saturated rings. The number of ether oxygens (including phenoxy) is 1. The molecule has 3 aromatic rings. The summed E-state index contributed by atoms with van der Waals surface area (Å²) >= 11 is 0.175.